The molecule has 0 spiro atoms. The van der Waals surface area contributed by atoms with E-state index < -0.39 is 0 Å². The van der Waals surface area contributed by atoms with Crippen LogP contribution in [0.3, 0.4) is 0 Å². The normalized spacial score (nSPS) is 47.9. The molecule has 8 atom stereocenters. The van der Waals surface area contributed by atoms with Crippen LogP contribution in [0.5, 0.6) is 0 Å². The van der Waals surface area contributed by atoms with Gasteiger partial charge in [-0.05, 0) is 48.9 Å². The second kappa shape index (κ2) is 10.2. The second-order valence-electron chi connectivity index (χ2n) is 14.1. The van der Waals surface area contributed by atoms with Gasteiger partial charge in [-0.3, -0.25) is 0 Å². The van der Waals surface area contributed by atoms with Crippen LogP contribution in [0.1, 0.15) is 71.6 Å². The van der Waals surface area contributed by atoms with Gasteiger partial charge in [0.2, 0.25) is 0 Å². The average Bonchev–Trinajstić information content (AvgIpc) is 3.36. The highest BCUT2D eigenvalue weighted by Crippen LogP contribution is 2.66. The van der Waals surface area contributed by atoms with E-state index in [0.717, 1.165) is 48.7 Å². The van der Waals surface area contributed by atoms with Gasteiger partial charge in [-0.15, -0.1) is 0 Å². The first-order chi connectivity index (χ1) is 15.7. The van der Waals surface area contributed by atoms with Crippen molar-refractivity contribution in [2.45, 2.75) is 89.8 Å². The molecule has 0 amide bonds. The van der Waals surface area contributed by atoms with E-state index >= 15 is 0 Å². The van der Waals surface area contributed by atoms with Crippen molar-refractivity contribution in [1.29, 1.82) is 0 Å². The number of nitrogens with zero attached hydrogens (tertiary/aromatic N) is 2. The van der Waals surface area contributed by atoms with Gasteiger partial charge in [0.1, 0.15) is 25.2 Å². The Morgan fingerprint density at radius 3 is 2.29 bits per heavy atom. The summed E-state index contributed by atoms with van der Waals surface area (Å²) in [6.45, 7) is 11.8. The molecule has 6 rings (SSSR count). The number of fused-ring (bicyclic) bond motifs is 5. The Kier molecular flexibility index (Phi) is 8.47. The number of hydrogen-bond acceptors (Lipinski definition) is 2. The Labute approximate surface area is 248 Å². The van der Waals surface area contributed by atoms with E-state index in [1.807, 2.05) is 5.57 Å². The van der Waals surface area contributed by atoms with Crippen molar-refractivity contribution in [3.8, 4) is 0 Å². The molecule has 1 N–H and O–H groups in total. The Balaban J connectivity index is 0.00000144. The zero-order valence-electron chi connectivity index (χ0n) is 22.7. The number of likely N-dealkylation sites (N-methyl/N-ethyl adjacent to an activating group) is 1. The summed E-state index contributed by atoms with van der Waals surface area (Å²) >= 11 is 0. The third-order valence-electron chi connectivity index (χ3n) is 12.8. The van der Waals surface area contributed by atoms with Crippen LogP contribution in [0.15, 0.2) is 11.6 Å². The number of hydrogen-bond donors (Lipinski definition) is 1. The molecule has 0 aromatic rings. The zero-order valence-corrected chi connectivity index (χ0v) is 27.0. The van der Waals surface area contributed by atoms with Crippen LogP contribution in [0.25, 0.3) is 0 Å². The summed E-state index contributed by atoms with van der Waals surface area (Å²) in [5.74, 6) is 2.30. The molecule has 0 aromatic carbocycles. The lowest BCUT2D eigenvalue weighted by Crippen LogP contribution is -3.00. The van der Waals surface area contributed by atoms with Gasteiger partial charge in [0, 0.05) is 37.5 Å². The topological polar surface area (TPSA) is 29.5 Å². The Morgan fingerprint density at radius 2 is 1.60 bits per heavy atom. The van der Waals surface area contributed by atoms with Crippen molar-refractivity contribution in [3.63, 3.8) is 0 Å². The van der Waals surface area contributed by atoms with E-state index in [9.17, 15) is 5.11 Å². The van der Waals surface area contributed by atoms with Crippen LogP contribution in [-0.2, 0) is 4.74 Å². The molecular weight excluding hydrogens is 662 g/mol. The van der Waals surface area contributed by atoms with Gasteiger partial charge in [-0.2, -0.15) is 0 Å². The number of rotatable bonds is 2. The molecule has 3 saturated carbocycles. The Bertz CT molecular complexity index is 809. The number of aliphatic hydroxyl groups excluding tert-OH is 1. The molecule has 0 aromatic heterocycles. The lowest BCUT2D eigenvalue weighted by atomic mass is 9.47. The number of aliphatic hydroxyl groups is 1. The molecule has 0 unspecified atom stereocenters. The molecule has 2 heterocycles. The van der Waals surface area contributed by atoms with Gasteiger partial charge in [-0.25, -0.2) is 0 Å². The van der Waals surface area contributed by atoms with Crippen LogP contribution < -0.4 is 48.0 Å². The fourth-order valence-electron chi connectivity index (χ4n) is 10.3. The summed E-state index contributed by atoms with van der Waals surface area (Å²) in [6, 6.07) is 1.26. The van der Waals surface area contributed by atoms with E-state index in [1.54, 1.807) is 0 Å². The van der Waals surface area contributed by atoms with Gasteiger partial charge in [0.15, 0.2) is 0 Å². The van der Waals surface area contributed by atoms with Crippen molar-refractivity contribution in [2.24, 2.45) is 28.6 Å². The molecular formula is C29H50I2N2O2. The highest BCUT2D eigenvalue weighted by Gasteiger charge is 2.64. The van der Waals surface area contributed by atoms with Gasteiger partial charge >= 0.3 is 0 Å². The molecule has 5 fully saturated rings. The standard InChI is InChI=1S/C29H50N2O2.2HI/c1-28-11-9-22(30(3)13-5-6-14-30)19-21(28)7-8-23-24(28)10-12-29(2)25(23)20-26(27(29)32)31(4)15-17-33-18-16-31;;/h7,22-27,32H,5-6,8-20H2,1-4H3;2*1H/q+2;;/p-2/t22-,23+,24-,25-,26-,27-,28-,29-;;/m0../s1. The van der Waals surface area contributed by atoms with Gasteiger partial charge in [0.25, 0.3) is 0 Å². The molecule has 35 heavy (non-hydrogen) atoms. The smallest absolute Gasteiger partial charge is 0.116 e. The van der Waals surface area contributed by atoms with Crippen molar-refractivity contribution < 1.29 is 66.8 Å². The van der Waals surface area contributed by atoms with Crippen LogP contribution in [0.2, 0.25) is 0 Å². The van der Waals surface area contributed by atoms with Crippen LogP contribution in [0.4, 0.5) is 0 Å². The van der Waals surface area contributed by atoms with Crippen molar-refractivity contribution >= 4 is 0 Å². The molecule has 0 bridgehead atoms. The number of halogens is 2. The minimum Gasteiger partial charge on any atom is -1.00 e. The number of allylic oxidation sites excluding steroid dienone is 1. The first kappa shape index (κ1) is 29.0. The molecule has 6 heteroatoms. The summed E-state index contributed by atoms with van der Waals surface area (Å²) in [7, 11) is 4.95. The van der Waals surface area contributed by atoms with E-state index in [2.05, 4.69) is 34.0 Å². The third kappa shape index (κ3) is 4.42. The number of quaternary nitrogens is 2. The van der Waals surface area contributed by atoms with Crippen LogP contribution in [0, 0.1) is 28.6 Å². The maximum Gasteiger partial charge on any atom is 0.116 e. The summed E-state index contributed by atoms with van der Waals surface area (Å²) in [5, 5.41) is 11.8. The minimum atomic E-state index is -0.153. The number of likely N-dealkylation sites (tertiary alicyclic amines) is 1. The fourth-order valence-corrected chi connectivity index (χ4v) is 10.3. The molecule has 0 radical (unpaired) electrons. The summed E-state index contributed by atoms with van der Waals surface area (Å²) in [6.07, 6.45) is 14.7. The SMILES string of the molecule is C[C@]12CC[C@H]3[C@@H](CC=C4C[C@@H]([N+]5(C)CCCC5)CC[C@@]43C)[C@@H]1C[C@H]([N+]1(C)CCOCC1)[C@@H]2O.[I-].[I-]. The van der Waals surface area contributed by atoms with Crippen LogP contribution >= 0.6 is 0 Å². The second-order valence-corrected chi connectivity index (χ2v) is 14.1. The van der Waals surface area contributed by atoms with Gasteiger partial charge < -0.3 is 66.8 Å². The summed E-state index contributed by atoms with van der Waals surface area (Å²) < 4.78 is 8.08. The molecule has 4 nitrogen and oxygen atoms in total. The highest BCUT2D eigenvalue weighted by atomic mass is 127. The van der Waals surface area contributed by atoms with E-state index in [-0.39, 0.29) is 59.5 Å². The number of ether oxygens (including phenoxy) is 1. The lowest BCUT2D eigenvalue weighted by molar-refractivity contribution is -0.943. The first-order valence-corrected chi connectivity index (χ1v) is 14.3. The van der Waals surface area contributed by atoms with E-state index in [0.29, 0.717) is 17.4 Å². The van der Waals surface area contributed by atoms with Crippen molar-refractivity contribution in [1.82, 2.24) is 0 Å². The highest BCUT2D eigenvalue weighted by molar-refractivity contribution is 5.26. The Hall–Kier alpha value is 1.04. The predicted octanol–water partition coefficient (Wildman–Crippen LogP) is -1.62. The quantitative estimate of drug-likeness (QED) is 0.212. The Morgan fingerprint density at radius 1 is 0.914 bits per heavy atom. The summed E-state index contributed by atoms with van der Waals surface area (Å²) in [4.78, 5) is 0. The first-order valence-electron chi connectivity index (χ1n) is 14.3. The summed E-state index contributed by atoms with van der Waals surface area (Å²) in [5.41, 5.74) is 2.36. The van der Waals surface area contributed by atoms with Gasteiger partial charge in [-0.1, -0.05) is 25.5 Å². The fraction of sp³-hybridized carbons (Fsp3) is 0.931. The number of morpholine rings is 1. The molecule has 202 valence electrons. The minimum absolute atomic E-state index is 0. The molecule has 4 aliphatic carbocycles. The van der Waals surface area contributed by atoms with Crippen LogP contribution in [-0.4, -0.2) is 85.7 Å². The van der Waals surface area contributed by atoms with E-state index in [1.165, 1.54) is 75.4 Å². The van der Waals surface area contributed by atoms with Crippen molar-refractivity contribution in [2.75, 3.05) is 53.5 Å². The molecule has 6 aliphatic rings. The predicted molar refractivity (Wildman–Crippen MR) is 133 cm³/mol. The zero-order chi connectivity index (χ0) is 23.1. The largest absolute Gasteiger partial charge is 1.00 e. The van der Waals surface area contributed by atoms with Gasteiger partial charge in [0.05, 0.1) is 46.4 Å². The molecule has 2 saturated heterocycles. The molecule has 2 aliphatic heterocycles. The third-order valence-corrected chi connectivity index (χ3v) is 12.8. The maximum atomic E-state index is 11.8. The maximum absolute atomic E-state index is 11.8. The van der Waals surface area contributed by atoms with Crippen molar-refractivity contribution in [3.05, 3.63) is 11.6 Å². The monoisotopic (exact) mass is 712 g/mol. The van der Waals surface area contributed by atoms with E-state index in [4.69, 9.17) is 4.74 Å². The average molecular weight is 713 g/mol. The lowest BCUT2D eigenvalue weighted by Gasteiger charge is -2.58.